The lowest BCUT2D eigenvalue weighted by molar-refractivity contribution is -0.145. The molecular weight excluding hydrogens is 404 g/mol. The second kappa shape index (κ2) is 15.7. The maximum atomic E-state index is 12.2. The zero-order valence-electron chi connectivity index (χ0n) is 20.2. The fraction of sp³-hybridized carbons (Fsp3) is 0.667. The summed E-state index contributed by atoms with van der Waals surface area (Å²) in [5.41, 5.74) is -0.654. The van der Waals surface area contributed by atoms with Crippen LogP contribution in [0.25, 0.3) is 0 Å². The van der Waals surface area contributed by atoms with Gasteiger partial charge in [0.2, 0.25) is 0 Å². The molecule has 1 aliphatic carbocycles. The highest BCUT2D eigenvalue weighted by molar-refractivity contribution is 5.95. The predicted molar refractivity (Wildman–Crippen MR) is 128 cm³/mol. The van der Waals surface area contributed by atoms with E-state index in [0.717, 1.165) is 32.1 Å². The predicted octanol–water partition coefficient (Wildman–Crippen LogP) is 5.66. The van der Waals surface area contributed by atoms with Gasteiger partial charge in [-0.2, -0.15) is 0 Å². The molecular formula is C27H42O5. The molecule has 0 aromatic carbocycles. The number of hydrogen-bond donors (Lipinski definition) is 1. The molecule has 0 aromatic rings. The van der Waals surface area contributed by atoms with Crippen molar-refractivity contribution in [2.24, 2.45) is 11.8 Å². The summed E-state index contributed by atoms with van der Waals surface area (Å²) in [6, 6.07) is 0. The van der Waals surface area contributed by atoms with Gasteiger partial charge in [0, 0.05) is 25.2 Å². The quantitative estimate of drug-likeness (QED) is 0.177. The fourth-order valence-electron chi connectivity index (χ4n) is 3.91. The Kier molecular flexibility index (Phi) is 13.8. The van der Waals surface area contributed by atoms with Crippen LogP contribution >= 0.6 is 0 Å². The summed E-state index contributed by atoms with van der Waals surface area (Å²) in [4.78, 5) is 34.5. The Labute approximate surface area is 194 Å². The molecule has 0 amide bonds. The van der Waals surface area contributed by atoms with Crippen molar-refractivity contribution >= 4 is 17.5 Å². The number of rotatable bonds is 17. The van der Waals surface area contributed by atoms with E-state index in [0.29, 0.717) is 25.7 Å². The molecule has 180 valence electrons. The molecule has 0 radical (unpaired) electrons. The van der Waals surface area contributed by atoms with Gasteiger partial charge < -0.3 is 9.84 Å². The molecule has 0 saturated carbocycles. The summed E-state index contributed by atoms with van der Waals surface area (Å²) >= 11 is 0. The molecule has 32 heavy (non-hydrogen) atoms. The molecule has 1 unspecified atom stereocenters. The van der Waals surface area contributed by atoms with Crippen molar-refractivity contribution in [2.45, 2.75) is 97.0 Å². The molecule has 0 heterocycles. The Morgan fingerprint density at radius 3 is 2.59 bits per heavy atom. The van der Waals surface area contributed by atoms with E-state index in [-0.39, 0.29) is 30.0 Å². The van der Waals surface area contributed by atoms with Gasteiger partial charge in [-0.1, -0.05) is 69.9 Å². The zero-order valence-corrected chi connectivity index (χ0v) is 20.2. The second-order valence-electron chi connectivity index (χ2n) is 8.88. The van der Waals surface area contributed by atoms with Gasteiger partial charge in [-0.25, -0.2) is 0 Å². The van der Waals surface area contributed by atoms with Crippen LogP contribution in [0.2, 0.25) is 0 Å². The van der Waals surface area contributed by atoms with E-state index in [1.807, 2.05) is 31.2 Å². The molecule has 3 atom stereocenters. The molecule has 0 saturated heterocycles. The number of carbonyl (C=O) groups is 3. The average Bonchev–Trinajstić information content (AvgIpc) is 3.11. The van der Waals surface area contributed by atoms with Crippen molar-refractivity contribution in [2.75, 3.05) is 6.61 Å². The highest BCUT2D eigenvalue weighted by Gasteiger charge is 2.28. The molecule has 5 nitrogen and oxygen atoms in total. The minimum Gasteiger partial charge on any atom is -0.458 e. The van der Waals surface area contributed by atoms with E-state index >= 15 is 0 Å². The third kappa shape index (κ3) is 11.6. The average molecular weight is 447 g/mol. The van der Waals surface area contributed by atoms with Crippen LogP contribution in [0.15, 0.2) is 36.5 Å². The van der Waals surface area contributed by atoms with Crippen LogP contribution in [0.3, 0.4) is 0 Å². The summed E-state index contributed by atoms with van der Waals surface area (Å²) in [6.45, 7) is 5.35. The van der Waals surface area contributed by atoms with Gasteiger partial charge in [-0.05, 0) is 44.6 Å². The lowest BCUT2D eigenvalue weighted by Gasteiger charge is -2.25. The molecule has 1 rings (SSSR count). The summed E-state index contributed by atoms with van der Waals surface area (Å²) in [7, 11) is 0. The monoisotopic (exact) mass is 446 g/mol. The van der Waals surface area contributed by atoms with E-state index in [1.54, 1.807) is 6.08 Å². The van der Waals surface area contributed by atoms with E-state index in [1.165, 1.54) is 19.8 Å². The summed E-state index contributed by atoms with van der Waals surface area (Å²) < 4.78 is 4.69. The fourth-order valence-corrected chi connectivity index (χ4v) is 3.91. The number of Topliss-reactive ketones (excluding diaryl/α,β-unsaturated/α-hetero) is 1. The Bertz CT molecular complexity index is 676. The first-order chi connectivity index (χ1) is 15.3. The number of esters is 1. The number of carbonyl (C=O) groups excluding carboxylic acids is 3. The van der Waals surface area contributed by atoms with E-state index in [2.05, 4.69) is 17.7 Å². The SMILES string of the molecule is CCCCCCC(O)(CC)CC=C[C@H]1C=CC(=O)[C@@H]1CC=CCCCC(=O)COC(C)=O. The normalized spacial score (nSPS) is 20.3. The third-order valence-corrected chi connectivity index (χ3v) is 6.14. The summed E-state index contributed by atoms with van der Waals surface area (Å²) in [5.74, 6) is -0.397. The first-order valence-corrected chi connectivity index (χ1v) is 12.2. The topological polar surface area (TPSA) is 80.7 Å². The van der Waals surface area contributed by atoms with E-state index < -0.39 is 11.6 Å². The number of allylic oxidation sites excluding steroid dienone is 5. The highest BCUT2D eigenvalue weighted by Crippen LogP contribution is 2.29. The van der Waals surface area contributed by atoms with Crippen molar-refractivity contribution in [1.29, 1.82) is 0 Å². The Morgan fingerprint density at radius 2 is 1.91 bits per heavy atom. The van der Waals surface area contributed by atoms with Gasteiger partial charge in [-0.15, -0.1) is 0 Å². The van der Waals surface area contributed by atoms with Crippen LogP contribution < -0.4 is 0 Å². The van der Waals surface area contributed by atoms with Crippen LogP contribution in [-0.2, 0) is 19.1 Å². The molecule has 5 heteroatoms. The Balaban J connectivity index is 2.40. The molecule has 0 bridgehead atoms. The zero-order chi connectivity index (χ0) is 23.8. The molecule has 1 N–H and O–H groups in total. The smallest absolute Gasteiger partial charge is 0.303 e. The molecule has 0 aromatic heterocycles. The van der Waals surface area contributed by atoms with Gasteiger partial charge in [-0.3, -0.25) is 14.4 Å². The van der Waals surface area contributed by atoms with Crippen molar-refractivity contribution < 1.29 is 24.2 Å². The van der Waals surface area contributed by atoms with Gasteiger partial charge in [0.05, 0.1) is 5.60 Å². The number of aliphatic hydroxyl groups is 1. The van der Waals surface area contributed by atoms with Crippen molar-refractivity contribution in [1.82, 2.24) is 0 Å². The number of ketones is 2. The first kappa shape index (κ1) is 28.0. The number of hydrogen-bond acceptors (Lipinski definition) is 5. The van der Waals surface area contributed by atoms with Gasteiger partial charge >= 0.3 is 5.97 Å². The lowest BCUT2D eigenvalue weighted by Crippen LogP contribution is -2.26. The van der Waals surface area contributed by atoms with E-state index in [4.69, 9.17) is 0 Å². The summed E-state index contributed by atoms with van der Waals surface area (Å²) in [5, 5.41) is 10.8. The molecule has 0 spiro atoms. The first-order valence-electron chi connectivity index (χ1n) is 12.2. The summed E-state index contributed by atoms with van der Waals surface area (Å²) in [6.07, 6.45) is 21.1. The number of ether oxygens (including phenoxy) is 1. The van der Waals surface area contributed by atoms with Crippen molar-refractivity contribution in [3.63, 3.8) is 0 Å². The molecule has 0 aliphatic heterocycles. The second-order valence-corrected chi connectivity index (χ2v) is 8.88. The van der Waals surface area contributed by atoms with Crippen LogP contribution in [0.1, 0.15) is 91.4 Å². The molecule has 1 aliphatic rings. The van der Waals surface area contributed by atoms with Crippen LogP contribution in [-0.4, -0.2) is 34.9 Å². The lowest BCUT2D eigenvalue weighted by atomic mass is 9.87. The van der Waals surface area contributed by atoms with Crippen molar-refractivity contribution in [3.8, 4) is 0 Å². The van der Waals surface area contributed by atoms with Gasteiger partial charge in [0.25, 0.3) is 0 Å². The van der Waals surface area contributed by atoms with Gasteiger partial charge in [0.15, 0.2) is 11.6 Å². The minimum atomic E-state index is -0.654. The van der Waals surface area contributed by atoms with Crippen LogP contribution in [0.4, 0.5) is 0 Å². The standard InChI is InChI=1S/C27H42O5/c1-4-6-7-12-19-27(31,5-2)20-13-14-23-17-18-26(30)25(23)16-11-9-8-10-15-24(29)21-32-22(3)28/h9,11,13-14,17-18,23,25,31H,4-8,10,12,15-16,19-21H2,1-3H3/t23-,25+,27?/m0/s1. The third-order valence-electron chi connectivity index (χ3n) is 6.14. The largest absolute Gasteiger partial charge is 0.458 e. The maximum absolute atomic E-state index is 12.2. The maximum Gasteiger partial charge on any atom is 0.303 e. The Morgan fingerprint density at radius 1 is 1.12 bits per heavy atom. The van der Waals surface area contributed by atoms with Gasteiger partial charge in [0.1, 0.15) is 6.61 Å². The van der Waals surface area contributed by atoms with E-state index in [9.17, 15) is 19.5 Å². The number of unbranched alkanes of at least 4 members (excludes halogenated alkanes) is 4. The van der Waals surface area contributed by atoms with Crippen LogP contribution in [0.5, 0.6) is 0 Å². The minimum absolute atomic E-state index is 0.0682. The van der Waals surface area contributed by atoms with Crippen LogP contribution in [0, 0.1) is 11.8 Å². The molecule has 0 fully saturated rings. The Hall–Kier alpha value is -2.01. The highest BCUT2D eigenvalue weighted by atomic mass is 16.5. The van der Waals surface area contributed by atoms with Crippen molar-refractivity contribution in [3.05, 3.63) is 36.5 Å².